The van der Waals surface area contributed by atoms with Crippen molar-refractivity contribution in [1.29, 1.82) is 0 Å². The molecule has 112 valence electrons. The SMILES string of the molecule is Cc1cc(C(=O)Nc2ccc(Sc3nncn3C)cc2)no1. The minimum atomic E-state index is -0.300. The van der Waals surface area contributed by atoms with Crippen LogP contribution in [0.25, 0.3) is 0 Å². The summed E-state index contributed by atoms with van der Waals surface area (Å²) in [5, 5.41) is 15.1. The quantitative estimate of drug-likeness (QED) is 0.796. The maximum absolute atomic E-state index is 12.0. The summed E-state index contributed by atoms with van der Waals surface area (Å²) < 4.78 is 6.72. The van der Waals surface area contributed by atoms with Crippen molar-refractivity contribution < 1.29 is 9.32 Å². The summed E-state index contributed by atoms with van der Waals surface area (Å²) in [6.07, 6.45) is 1.65. The van der Waals surface area contributed by atoms with Gasteiger partial charge in [0.25, 0.3) is 5.91 Å². The maximum Gasteiger partial charge on any atom is 0.277 e. The van der Waals surface area contributed by atoms with Crippen LogP contribution in [-0.4, -0.2) is 25.8 Å². The number of rotatable bonds is 4. The van der Waals surface area contributed by atoms with E-state index in [9.17, 15) is 4.79 Å². The molecule has 8 heteroatoms. The highest BCUT2D eigenvalue weighted by atomic mass is 32.2. The number of carbonyl (C=O) groups excluding carboxylic acids is 1. The van der Waals surface area contributed by atoms with Crippen LogP contribution >= 0.6 is 11.8 Å². The molecule has 0 saturated heterocycles. The van der Waals surface area contributed by atoms with E-state index in [2.05, 4.69) is 20.7 Å². The van der Waals surface area contributed by atoms with Gasteiger partial charge in [-0.3, -0.25) is 4.79 Å². The average Bonchev–Trinajstić information content (AvgIpc) is 3.10. The number of anilines is 1. The maximum atomic E-state index is 12.0. The summed E-state index contributed by atoms with van der Waals surface area (Å²) in [4.78, 5) is 13.0. The van der Waals surface area contributed by atoms with E-state index < -0.39 is 0 Å². The number of aryl methyl sites for hydroxylation is 2. The lowest BCUT2D eigenvalue weighted by Gasteiger charge is -2.04. The molecule has 1 N–H and O–H groups in total. The number of aromatic nitrogens is 4. The second-order valence-electron chi connectivity index (χ2n) is 4.63. The number of carbonyl (C=O) groups is 1. The van der Waals surface area contributed by atoms with Crippen molar-refractivity contribution in [3.63, 3.8) is 0 Å². The van der Waals surface area contributed by atoms with Crippen LogP contribution < -0.4 is 5.32 Å². The number of amides is 1. The Morgan fingerprint density at radius 1 is 1.32 bits per heavy atom. The summed E-state index contributed by atoms with van der Waals surface area (Å²) in [6.45, 7) is 1.74. The Balaban J connectivity index is 1.66. The summed E-state index contributed by atoms with van der Waals surface area (Å²) in [7, 11) is 1.89. The lowest BCUT2D eigenvalue weighted by Crippen LogP contribution is -2.11. The zero-order valence-corrected chi connectivity index (χ0v) is 12.8. The van der Waals surface area contributed by atoms with Crippen molar-refractivity contribution >= 4 is 23.4 Å². The highest BCUT2D eigenvalue weighted by Gasteiger charge is 2.11. The van der Waals surface area contributed by atoms with E-state index >= 15 is 0 Å². The Hall–Kier alpha value is -2.61. The van der Waals surface area contributed by atoms with Crippen LogP contribution in [0.5, 0.6) is 0 Å². The molecule has 0 atom stereocenters. The molecule has 1 aromatic carbocycles. The molecule has 0 radical (unpaired) electrons. The minimum absolute atomic E-state index is 0.259. The molecule has 22 heavy (non-hydrogen) atoms. The molecule has 0 unspecified atom stereocenters. The second-order valence-corrected chi connectivity index (χ2v) is 5.67. The van der Waals surface area contributed by atoms with Crippen LogP contribution in [0.3, 0.4) is 0 Å². The number of nitrogens with one attached hydrogen (secondary N) is 1. The minimum Gasteiger partial charge on any atom is -0.361 e. The van der Waals surface area contributed by atoms with Crippen molar-refractivity contribution in [3.05, 3.63) is 48.1 Å². The number of hydrogen-bond donors (Lipinski definition) is 1. The highest BCUT2D eigenvalue weighted by Crippen LogP contribution is 2.26. The van der Waals surface area contributed by atoms with Gasteiger partial charge in [0.1, 0.15) is 12.1 Å². The van der Waals surface area contributed by atoms with Crippen LogP contribution in [0.1, 0.15) is 16.2 Å². The van der Waals surface area contributed by atoms with Crippen molar-refractivity contribution in [1.82, 2.24) is 19.9 Å². The lowest BCUT2D eigenvalue weighted by molar-refractivity contribution is 0.101. The molecule has 2 heterocycles. The van der Waals surface area contributed by atoms with Gasteiger partial charge in [-0.05, 0) is 43.0 Å². The topological polar surface area (TPSA) is 85.8 Å². The fourth-order valence-corrected chi connectivity index (χ4v) is 2.51. The predicted molar refractivity (Wildman–Crippen MR) is 80.8 cm³/mol. The zero-order chi connectivity index (χ0) is 15.5. The van der Waals surface area contributed by atoms with Crippen molar-refractivity contribution in [3.8, 4) is 0 Å². The van der Waals surface area contributed by atoms with Crippen LogP contribution in [-0.2, 0) is 7.05 Å². The molecule has 0 aliphatic heterocycles. The Morgan fingerprint density at radius 2 is 2.09 bits per heavy atom. The first-order valence-electron chi connectivity index (χ1n) is 6.48. The van der Waals surface area contributed by atoms with E-state index in [4.69, 9.17) is 4.52 Å². The van der Waals surface area contributed by atoms with Gasteiger partial charge in [-0.1, -0.05) is 5.16 Å². The van der Waals surface area contributed by atoms with Crippen LogP contribution in [0.4, 0.5) is 5.69 Å². The lowest BCUT2D eigenvalue weighted by atomic mass is 10.3. The van der Waals surface area contributed by atoms with Gasteiger partial charge >= 0.3 is 0 Å². The Bertz CT molecular complexity index is 794. The van der Waals surface area contributed by atoms with E-state index in [-0.39, 0.29) is 11.6 Å². The Labute approximate surface area is 130 Å². The zero-order valence-electron chi connectivity index (χ0n) is 12.0. The Kier molecular flexibility index (Phi) is 3.92. The molecule has 0 fully saturated rings. The highest BCUT2D eigenvalue weighted by molar-refractivity contribution is 7.99. The van der Waals surface area contributed by atoms with Gasteiger partial charge in [0.2, 0.25) is 0 Å². The van der Waals surface area contributed by atoms with Gasteiger partial charge in [0, 0.05) is 23.7 Å². The van der Waals surface area contributed by atoms with Crippen LogP contribution in [0.2, 0.25) is 0 Å². The molecule has 3 aromatic rings. The van der Waals surface area contributed by atoms with E-state index in [1.807, 2.05) is 35.9 Å². The number of nitrogens with zero attached hydrogens (tertiary/aromatic N) is 4. The summed E-state index contributed by atoms with van der Waals surface area (Å²) in [5.41, 5.74) is 0.947. The molecule has 0 bridgehead atoms. The van der Waals surface area contributed by atoms with E-state index in [0.717, 1.165) is 10.1 Å². The first-order chi connectivity index (χ1) is 10.6. The van der Waals surface area contributed by atoms with Crippen LogP contribution in [0.15, 0.2) is 51.2 Å². The molecule has 3 rings (SSSR count). The third kappa shape index (κ3) is 3.17. The smallest absolute Gasteiger partial charge is 0.277 e. The summed E-state index contributed by atoms with van der Waals surface area (Å²) in [5.74, 6) is 0.297. The molecular weight excluding hydrogens is 302 g/mol. The Morgan fingerprint density at radius 3 is 2.68 bits per heavy atom. The van der Waals surface area contributed by atoms with E-state index in [1.54, 1.807) is 19.3 Å². The third-order valence-corrected chi connectivity index (χ3v) is 3.91. The van der Waals surface area contributed by atoms with Crippen molar-refractivity contribution in [2.24, 2.45) is 7.05 Å². The molecule has 1 amide bonds. The van der Waals surface area contributed by atoms with Gasteiger partial charge in [0.05, 0.1) is 0 Å². The summed E-state index contributed by atoms with van der Waals surface area (Å²) >= 11 is 1.50. The third-order valence-electron chi connectivity index (χ3n) is 2.85. The second kappa shape index (κ2) is 6.02. The fraction of sp³-hybridized carbons (Fsp3) is 0.143. The standard InChI is InChI=1S/C14H13N5O2S/c1-9-7-12(18-21-9)13(20)16-10-3-5-11(6-4-10)22-14-17-15-8-19(14)2/h3-8H,1-2H3,(H,16,20). The molecule has 0 aliphatic carbocycles. The molecule has 0 spiro atoms. The normalized spacial score (nSPS) is 10.6. The van der Waals surface area contributed by atoms with E-state index in [1.165, 1.54) is 11.8 Å². The van der Waals surface area contributed by atoms with Gasteiger partial charge in [-0.25, -0.2) is 0 Å². The monoisotopic (exact) mass is 315 g/mol. The first-order valence-corrected chi connectivity index (χ1v) is 7.30. The number of benzene rings is 1. The largest absolute Gasteiger partial charge is 0.361 e. The van der Waals surface area contributed by atoms with Gasteiger partial charge in [0.15, 0.2) is 10.9 Å². The average molecular weight is 315 g/mol. The molecular formula is C14H13N5O2S. The van der Waals surface area contributed by atoms with Gasteiger partial charge < -0.3 is 14.4 Å². The first kappa shape index (κ1) is 14.3. The molecule has 7 nitrogen and oxygen atoms in total. The molecule has 0 saturated carbocycles. The molecule has 0 aliphatic rings. The van der Waals surface area contributed by atoms with Crippen LogP contribution in [0, 0.1) is 6.92 Å². The number of hydrogen-bond acceptors (Lipinski definition) is 6. The predicted octanol–water partition coefficient (Wildman–Crippen LogP) is 2.52. The van der Waals surface area contributed by atoms with E-state index in [0.29, 0.717) is 11.4 Å². The molecule has 2 aromatic heterocycles. The van der Waals surface area contributed by atoms with Crippen molar-refractivity contribution in [2.75, 3.05) is 5.32 Å². The van der Waals surface area contributed by atoms with Crippen molar-refractivity contribution in [2.45, 2.75) is 17.0 Å². The van der Waals surface area contributed by atoms with Gasteiger partial charge in [-0.2, -0.15) is 0 Å². The summed E-state index contributed by atoms with van der Waals surface area (Å²) in [6, 6.07) is 9.05. The fourth-order valence-electron chi connectivity index (χ4n) is 1.75. The van der Waals surface area contributed by atoms with Gasteiger partial charge in [-0.15, -0.1) is 10.2 Å².